The fourth-order valence-corrected chi connectivity index (χ4v) is 3.32. The molecule has 0 amide bonds. The van der Waals surface area contributed by atoms with Crippen LogP contribution < -0.4 is 11.4 Å². The fourth-order valence-electron chi connectivity index (χ4n) is 3.32. The molecule has 5 aromatic rings. The molecule has 2 N–H and O–H groups in total. The number of nitrogen functional groups attached to an aromatic ring is 1. The highest BCUT2D eigenvalue weighted by atomic mass is 16.4. The van der Waals surface area contributed by atoms with Gasteiger partial charge in [0.05, 0.1) is 16.5 Å². The van der Waals surface area contributed by atoms with E-state index in [0.717, 1.165) is 21.5 Å². The van der Waals surface area contributed by atoms with Crippen LogP contribution in [0.25, 0.3) is 43.9 Å². The third-order valence-electron chi connectivity index (χ3n) is 4.64. The number of aromatic nitrogens is 1. The van der Waals surface area contributed by atoms with Crippen molar-refractivity contribution < 1.29 is 4.42 Å². The number of fused-ring (bicyclic) bond motifs is 3. The minimum atomic E-state index is -0.414. The first-order chi connectivity index (χ1) is 13.7. The summed E-state index contributed by atoms with van der Waals surface area (Å²) in [5.74, 6) is 0.237. The van der Waals surface area contributed by atoms with Crippen molar-refractivity contribution in [2.24, 2.45) is 0 Å². The molecule has 1 aromatic heterocycles. The molecule has 0 aliphatic heterocycles. The summed E-state index contributed by atoms with van der Waals surface area (Å²) in [7, 11) is 0. The molecule has 4 nitrogen and oxygen atoms in total. The van der Waals surface area contributed by atoms with Gasteiger partial charge in [-0.2, -0.15) is 0 Å². The van der Waals surface area contributed by atoms with E-state index in [1.165, 1.54) is 0 Å². The van der Waals surface area contributed by atoms with Gasteiger partial charge < -0.3 is 10.2 Å². The predicted octanol–water partition coefficient (Wildman–Crippen LogP) is 5.77. The molecule has 0 bridgehead atoms. The Balaban J connectivity index is 0.000000932. The lowest BCUT2D eigenvalue weighted by atomic mass is 10.0. The molecular weight excluding hydrogens is 348 g/mol. The van der Waals surface area contributed by atoms with Crippen molar-refractivity contribution in [1.82, 2.24) is 4.98 Å². The standard InChI is InChI=1S/C22H14N2O2.C2H6/c23-19-11-15-7-3-1-5-13(15)9-17(19)21-24-20-12-16-8-4-2-6-14(16)10-18(20)22(25)26-21;1-2/h1-12H,23H2;1-2H3. The third-order valence-corrected chi connectivity index (χ3v) is 4.64. The topological polar surface area (TPSA) is 69.1 Å². The number of benzene rings is 4. The van der Waals surface area contributed by atoms with Gasteiger partial charge in [0.15, 0.2) is 0 Å². The highest BCUT2D eigenvalue weighted by molar-refractivity contribution is 5.97. The van der Waals surface area contributed by atoms with E-state index in [0.29, 0.717) is 22.2 Å². The van der Waals surface area contributed by atoms with Crippen molar-refractivity contribution in [3.05, 3.63) is 83.2 Å². The number of anilines is 1. The van der Waals surface area contributed by atoms with Gasteiger partial charge in [-0.05, 0) is 45.8 Å². The lowest BCUT2D eigenvalue weighted by Crippen LogP contribution is -2.04. The average Bonchev–Trinajstić information content (AvgIpc) is 2.73. The highest BCUT2D eigenvalue weighted by Crippen LogP contribution is 2.30. The molecule has 0 aliphatic carbocycles. The first kappa shape index (κ1) is 17.7. The van der Waals surface area contributed by atoms with Gasteiger partial charge in [0.2, 0.25) is 5.89 Å². The quantitative estimate of drug-likeness (QED) is 0.301. The maximum Gasteiger partial charge on any atom is 0.347 e. The molecule has 0 spiro atoms. The minimum Gasteiger partial charge on any atom is -0.403 e. The zero-order chi connectivity index (χ0) is 19.7. The van der Waals surface area contributed by atoms with Crippen LogP contribution in [0.1, 0.15) is 13.8 Å². The van der Waals surface area contributed by atoms with Crippen molar-refractivity contribution in [2.75, 3.05) is 5.73 Å². The molecule has 0 unspecified atom stereocenters. The Morgan fingerprint density at radius 3 is 1.96 bits per heavy atom. The van der Waals surface area contributed by atoms with Crippen molar-refractivity contribution in [1.29, 1.82) is 0 Å². The molecule has 0 radical (unpaired) electrons. The second-order valence-electron chi connectivity index (χ2n) is 6.31. The van der Waals surface area contributed by atoms with Gasteiger partial charge in [-0.25, -0.2) is 9.78 Å². The van der Waals surface area contributed by atoms with Crippen molar-refractivity contribution >= 4 is 38.1 Å². The number of nitrogens with two attached hydrogens (primary N) is 1. The van der Waals surface area contributed by atoms with Gasteiger partial charge in [-0.1, -0.05) is 62.4 Å². The summed E-state index contributed by atoms with van der Waals surface area (Å²) in [4.78, 5) is 17.1. The van der Waals surface area contributed by atoms with Crippen LogP contribution in [0.15, 0.2) is 82.0 Å². The number of hydrogen-bond acceptors (Lipinski definition) is 4. The van der Waals surface area contributed by atoms with E-state index in [1.807, 2.05) is 86.6 Å². The summed E-state index contributed by atoms with van der Waals surface area (Å²) in [6.45, 7) is 4.00. The maximum atomic E-state index is 12.5. The van der Waals surface area contributed by atoms with Crippen LogP contribution >= 0.6 is 0 Å². The molecule has 4 heteroatoms. The van der Waals surface area contributed by atoms with Crippen LogP contribution in [0, 0.1) is 0 Å². The third kappa shape index (κ3) is 2.99. The molecule has 0 fully saturated rings. The molecule has 0 atom stereocenters. The maximum absolute atomic E-state index is 12.5. The highest BCUT2D eigenvalue weighted by Gasteiger charge is 2.13. The van der Waals surface area contributed by atoms with Crippen LogP contribution in [-0.4, -0.2) is 4.98 Å². The van der Waals surface area contributed by atoms with E-state index >= 15 is 0 Å². The normalized spacial score (nSPS) is 10.8. The zero-order valence-electron chi connectivity index (χ0n) is 15.8. The summed E-state index contributed by atoms with van der Waals surface area (Å²) >= 11 is 0. The Hall–Kier alpha value is -3.66. The monoisotopic (exact) mass is 368 g/mol. The van der Waals surface area contributed by atoms with E-state index in [9.17, 15) is 4.79 Å². The predicted molar refractivity (Wildman–Crippen MR) is 116 cm³/mol. The molecule has 138 valence electrons. The first-order valence-electron chi connectivity index (χ1n) is 9.31. The van der Waals surface area contributed by atoms with Gasteiger partial charge in [0, 0.05) is 5.69 Å². The van der Waals surface area contributed by atoms with Crippen molar-refractivity contribution in [2.45, 2.75) is 13.8 Å². The van der Waals surface area contributed by atoms with Crippen LogP contribution in [0.4, 0.5) is 5.69 Å². The molecule has 0 saturated heterocycles. The van der Waals surface area contributed by atoms with Crippen LogP contribution in [0.2, 0.25) is 0 Å². The molecule has 0 saturated carbocycles. The van der Waals surface area contributed by atoms with Gasteiger partial charge in [-0.15, -0.1) is 0 Å². The second kappa shape index (κ2) is 7.16. The smallest absolute Gasteiger partial charge is 0.347 e. The Bertz CT molecular complexity index is 1370. The van der Waals surface area contributed by atoms with Gasteiger partial charge in [-0.3, -0.25) is 0 Å². The number of hydrogen-bond donors (Lipinski definition) is 1. The van der Waals surface area contributed by atoms with E-state index in [2.05, 4.69) is 4.98 Å². The zero-order valence-corrected chi connectivity index (χ0v) is 15.8. The summed E-state index contributed by atoms with van der Waals surface area (Å²) < 4.78 is 5.51. The largest absolute Gasteiger partial charge is 0.403 e. The molecule has 5 rings (SSSR count). The summed E-state index contributed by atoms with van der Waals surface area (Å²) in [5.41, 5.74) is 7.54. The SMILES string of the molecule is CC.Nc1cc2ccccc2cc1-c1nc2cc3ccccc3cc2c(=O)o1. The van der Waals surface area contributed by atoms with E-state index in [1.54, 1.807) is 0 Å². The first-order valence-corrected chi connectivity index (χ1v) is 9.31. The fraction of sp³-hybridized carbons (Fsp3) is 0.0833. The lowest BCUT2D eigenvalue weighted by molar-refractivity contribution is 0.519. The number of rotatable bonds is 1. The Morgan fingerprint density at radius 1 is 0.786 bits per heavy atom. The van der Waals surface area contributed by atoms with E-state index in [-0.39, 0.29) is 5.89 Å². The van der Waals surface area contributed by atoms with Gasteiger partial charge in [0.1, 0.15) is 0 Å². The molecule has 4 aromatic carbocycles. The van der Waals surface area contributed by atoms with E-state index < -0.39 is 5.63 Å². The summed E-state index contributed by atoms with van der Waals surface area (Å²) in [5, 5.41) is 4.51. The lowest BCUT2D eigenvalue weighted by Gasteiger charge is -2.08. The Morgan fingerprint density at radius 2 is 1.32 bits per heavy atom. The van der Waals surface area contributed by atoms with Gasteiger partial charge >= 0.3 is 5.63 Å². The van der Waals surface area contributed by atoms with Gasteiger partial charge in [0.25, 0.3) is 0 Å². The minimum absolute atomic E-state index is 0.237. The van der Waals surface area contributed by atoms with Crippen molar-refractivity contribution in [3.63, 3.8) is 0 Å². The summed E-state index contributed by atoms with van der Waals surface area (Å²) in [6, 6.07) is 23.3. The molecular formula is C24H20N2O2. The van der Waals surface area contributed by atoms with Crippen LogP contribution in [0.5, 0.6) is 0 Å². The molecule has 0 aliphatic rings. The van der Waals surface area contributed by atoms with Crippen LogP contribution in [-0.2, 0) is 0 Å². The van der Waals surface area contributed by atoms with Crippen LogP contribution in [0.3, 0.4) is 0 Å². The van der Waals surface area contributed by atoms with Crippen molar-refractivity contribution in [3.8, 4) is 11.5 Å². The molecule has 1 heterocycles. The Labute approximate surface area is 162 Å². The second-order valence-corrected chi connectivity index (χ2v) is 6.31. The number of nitrogens with zero attached hydrogens (tertiary/aromatic N) is 1. The summed E-state index contributed by atoms with van der Waals surface area (Å²) in [6.07, 6.45) is 0. The molecule has 28 heavy (non-hydrogen) atoms. The Kier molecular flexibility index (Phi) is 4.53. The average molecular weight is 368 g/mol. The van der Waals surface area contributed by atoms with E-state index in [4.69, 9.17) is 10.2 Å².